The van der Waals surface area contributed by atoms with Gasteiger partial charge < -0.3 is 21.3 Å². The number of nitrogens with two attached hydrogens (primary N) is 2. The number of halogens is 6. The Kier molecular flexibility index (Phi) is 7.49. The number of rotatable bonds is 4. The van der Waals surface area contributed by atoms with Crippen molar-refractivity contribution in [3.63, 3.8) is 0 Å². The number of amides is 1. The van der Waals surface area contributed by atoms with Crippen LogP contribution in [0, 0.1) is 0 Å². The lowest BCUT2D eigenvalue weighted by Crippen LogP contribution is -2.56. The molecule has 0 bridgehead atoms. The lowest BCUT2D eigenvalue weighted by molar-refractivity contribution is -0.141. The number of nitrogen functional groups attached to an aromatic ring is 1. The highest BCUT2D eigenvalue weighted by Crippen LogP contribution is 2.42. The predicted octanol–water partition coefficient (Wildman–Crippen LogP) is 2.41. The van der Waals surface area contributed by atoms with Crippen molar-refractivity contribution in [1.82, 2.24) is 14.7 Å². The Balaban J connectivity index is 1.66. The molecule has 0 spiro atoms. The van der Waals surface area contributed by atoms with E-state index in [2.05, 4.69) is 16.8 Å². The van der Waals surface area contributed by atoms with Crippen molar-refractivity contribution in [3.05, 3.63) is 28.8 Å². The summed E-state index contributed by atoms with van der Waals surface area (Å²) in [7, 11) is 2.07. The monoisotopic (exact) mass is 481 g/mol. The largest absolute Gasteiger partial charge is 0.418 e. The Morgan fingerprint density at radius 3 is 1.91 bits per heavy atom. The quantitative estimate of drug-likeness (QED) is 0.510. The second-order valence-corrected chi connectivity index (χ2v) is 8.81. The summed E-state index contributed by atoms with van der Waals surface area (Å²) in [6.07, 6.45) is -8.51. The summed E-state index contributed by atoms with van der Waals surface area (Å²) >= 11 is 0. The summed E-state index contributed by atoms with van der Waals surface area (Å²) < 4.78 is 79.4. The number of nitrogens with zero attached hydrogens (tertiary/aromatic N) is 3. The van der Waals surface area contributed by atoms with Crippen LogP contribution in [0.5, 0.6) is 0 Å². The number of carbonyl (C=O) groups excluding carboxylic acids is 1. The summed E-state index contributed by atoms with van der Waals surface area (Å²) in [5.74, 6) is -0.489. The number of hydrogen-bond donors (Lipinski definition) is 2. The van der Waals surface area contributed by atoms with Crippen molar-refractivity contribution in [2.75, 3.05) is 52.0 Å². The second kappa shape index (κ2) is 9.67. The summed E-state index contributed by atoms with van der Waals surface area (Å²) in [6, 6.07) is 0.264. The van der Waals surface area contributed by atoms with Crippen molar-refractivity contribution in [2.24, 2.45) is 5.73 Å². The van der Waals surface area contributed by atoms with Gasteiger partial charge >= 0.3 is 12.4 Å². The molecule has 1 aromatic rings. The van der Waals surface area contributed by atoms with E-state index >= 15 is 0 Å². The van der Waals surface area contributed by atoms with Gasteiger partial charge in [-0.3, -0.25) is 9.69 Å². The van der Waals surface area contributed by atoms with Crippen LogP contribution in [0.3, 0.4) is 0 Å². The van der Waals surface area contributed by atoms with Crippen LogP contribution in [-0.2, 0) is 23.6 Å². The van der Waals surface area contributed by atoms with Crippen LogP contribution in [-0.4, -0.2) is 79.0 Å². The zero-order valence-electron chi connectivity index (χ0n) is 18.3. The molecular formula is C21H29F6N5O. The average Bonchev–Trinajstić information content (AvgIpc) is 2.73. The molecule has 2 aliphatic heterocycles. The van der Waals surface area contributed by atoms with Crippen LogP contribution in [0.2, 0.25) is 0 Å². The smallest absolute Gasteiger partial charge is 0.398 e. The van der Waals surface area contributed by atoms with Gasteiger partial charge in [0.15, 0.2) is 0 Å². The van der Waals surface area contributed by atoms with E-state index in [4.69, 9.17) is 11.5 Å². The molecule has 2 saturated heterocycles. The van der Waals surface area contributed by atoms with Gasteiger partial charge in [-0.1, -0.05) is 0 Å². The van der Waals surface area contributed by atoms with Crippen molar-refractivity contribution in [1.29, 1.82) is 0 Å². The Morgan fingerprint density at radius 2 is 1.45 bits per heavy atom. The van der Waals surface area contributed by atoms with Gasteiger partial charge in [0.1, 0.15) is 0 Å². The van der Waals surface area contributed by atoms with Gasteiger partial charge in [0, 0.05) is 32.2 Å². The Hall–Kier alpha value is -2.05. The van der Waals surface area contributed by atoms with Crippen molar-refractivity contribution >= 4 is 11.6 Å². The molecule has 186 valence electrons. The van der Waals surface area contributed by atoms with Crippen molar-refractivity contribution < 1.29 is 31.1 Å². The minimum absolute atomic E-state index is 0.338. The molecule has 0 saturated carbocycles. The molecule has 0 aromatic heterocycles. The number of piperazine rings is 1. The maximum Gasteiger partial charge on any atom is 0.418 e. The molecule has 6 nitrogen and oxygen atoms in total. The van der Waals surface area contributed by atoms with Gasteiger partial charge in [0.2, 0.25) is 5.91 Å². The van der Waals surface area contributed by atoms with E-state index < -0.39 is 47.5 Å². The maximum absolute atomic E-state index is 13.2. The van der Waals surface area contributed by atoms with E-state index in [1.54, 1.807) is 0 Å². The van der Waals surface area contributed by atoms with Gasteiger partial charge in [-0.15, -0.1) is 0 Å². The molecule has 33 heavy (non-hydrogen) atoms. The van der Waals surface area contributed by atoms with E-state index in [-0.39, 0.29) is 5.56 Å². The topological polar surface area (TPSA) is 78.8 Å². The number of anilines is 1. The first-order chi connectivity index (χ1) is 15.3. The molecule has 2 aliphatic rings. The predicted molar refractivity (Wildman–Crippen MR) is 111 cm³/mol. The molecular weight excluding hydrogens is 452 g/mol. The minimum Gasteiger partial charge on any atom is -0.398 e. The Labute approximate surface area is 188 Å². The first-order valence-corrected chi connectivity index (χ1v) is 10.8. The second-order valence-electron chi connectivity index (χ2n) is 8.81. The number of hydrogen-bond acceptors (Lipinski definition) is 5. The zero-order valence-corrected chi connectivity index (χ0v) is 18.3. The zero-order chi connectivity index (χ0) is 24.6. The van der Waals surface area contributed by atoms with E-state index in [1.165, 1.54) is 4.90 Å². The number of alkyl halides is 6. The minimum atomic E-state index is -5.07. The van der Waals surface area contributed by atoms with Gasteiger partial charge in [-0.25, -0.2) is 0 Å². The van der Waals surface area contributed by atoms with Gasteiger partial charge in [0.05, 0.1) is 22.9 Å². The number of benzene rings is 1. The fraction of sp³-hybridized carbons (Fsp3) is 0.667. The Bertz CT molecular complexity index is 808. The first-order valence-electron chi connectivity index (χ1n) is 10.8. The molecule has 2 fully saturated rings. The van der Waals surface area contributed by atoms with E-state index in [0.29, 0.717) is 44.4 Å². The van der Waals surface area contributed by atoms with Gasteiger partial charge in [-0.2, -0.15) is 26.3 Å². The van der Waals surface area contributed by atoms with Crippen molar-refractivity contribution in [2.45, 2.75) is 43.7 Å². The lowest BCUT2D eigenvalue weighted by atomic mass is 9.97. The average molecular weight is 481 g/mol. The lowest BCUT2D eigenvalue weighted by Gasteiger charge is -2.42. The molecule has 12 heteroatoms. The van der Waals surface area contributed by atoms with Crippen LogP contribution in [0.4, 0.5) is 32.0 Å². The van der Waals surface area contributed by atoms with E-state index in [1.807, 2.05) is 0 Å². The van der Waals surface area contributed by atoms with Crippen LogP contribution < -0.4 is 11.5 Å². The van der Waals surface area contributed by atoms with Crippen LogP contribution in [0.25, 0.3) is 0 Å². The van der Waals surface area contributed by atoms with Crippen LogP contribution in [0.15, 0.2) is 12.1 Å². The highest BCUT2D eigenvalue weighted by molar-refractivity contribution is 5.82. The molecule has 1 aromatic carbocycles. The third-order valence-electron chi connectivity index (χ3n) is 6.45. The fourth-order valence-corrected chi connectivity index (χ4v) is 4.54. The highest BCUT2D eigenvalue weighted by Gasteiger charge is 2.41. The summed E-state index contributed by atoms with van der Waals surface area (Å²) in [5.41, 5.74) is 6.19. The standard InChI is InChI=1S/C21H29F6N5O/c1-30-4-2-14(3-5-30)31-6-8-32(9-7-31)19(33)17(28)12-13-10-15(20(22,23)24)18(29)16(11-13)21(25,26)27/h10-11,14,17H,2-9,12,28-29H2,1H3/t17-/m1/s1. The van der Waals surface area contributed by atoms with Crippen LogP contribution in [0.1, 0.15) is 29.5 Å². The Morgan fingerprint density at radius 1 is 0.970 bits per heavy atom. The van der Waals surface area contributed by atoms with E-state index in [9.17, 15) is 31.1 Å². The molecule has 0 radical (unpaired) electrons. The molecule has 0 unspecified atom stereocenters. The van der Waals surface area contributed by atoms with Gasteiger partial charge in [0.25, 0.3) is 0 Å². The number of carbonyl (C=O) groups is 1. The van der Waals surface area contributed by atoms with E-state index in [0.717, 1.165) is 25.9 Å². The molecule has 4 N–H and O–H groups in total. The number of piperidine rings is 1. The molecule has 0 aliphatic carbocycles. The maximum atomic E-state index is 13.2. The molecule has 1 atom stereocenters. The van der Waals surface area contributed by atoms with Crippen molar-refractivity contribution in [3.8, 4) is 0 Å². The highest BCUT2D eigenvalue weighted by atomic mass is 19.4. The fourth-order valence-electron chi connectivity index (χ4n) is 4.54. The number of likely N-dealkylation sites (tertiary alicyclic amines) is 1. The van der Waals surface area contributed by atoms with Gasteiger partial charge in [-0.05, 0) is 57.1 Å². The molecule has 3 rings (SSSR count). The molecule has 1 amide bonds. The SMILES string of the molecule is CN1CCC(N2CCN(C(=O)[C@H](N)Cc3cc(C(F)(F)F)c(N)c(C(F)(F)F)c3)CC2)CC1. The molecule has 2 heterocycles. The summed E-state index contributed by atoms with van der Waals surface area (Å²) in [6.45, 7) is 4.17. The summed E-state index contributed by atoms with van der Waals surface area (Å²) in [5, 5.41) is 0. The third-order valence-corrected chi connectivity index (χ3v) is 6.45. The first kappa shape index (κ1) is 25.6. The third kappa shape index (κ3) is 6.10. The van der Waals surface area contributed by atoms with Crippen LogP contribution >= 0.6 is 0 Å². The summed E-state index contributed by atoms with van der Waals surface area (Å²) in [4.78, 5) is 18.9. The normalized spacial score (nSPS) is 20.8.